The van der Waals surface area contributed by atoms with E-state index in [0.29, 0.717) is 0 Å². The highest BCUT2D eigenvalue weighted by atomic mass is 32.2. The molecule has 5 N–H and O–H groups in total. The van der Waals surface area contributed by atoms with Gasteiger partial charge in [-0.2, -0.15) is 0 Å². The van der Waals surface area contributed by atoms with Crippen molar-refractivity contribution in [3.8, 4) is 0 Å². The molecule has 2 aliphatic rings. The van der Waals surface area contributed by atoms with Crippen molar-refractivity contribution in [3.63, 3.8) is 0 Å². The van der Waals surface area contributed by atoms with Crippen LogP contribution >= 0.6 is 0 Å². The third-order valence-electron chi connectivity index (χ3n) is 3.65. The van der Waals surface area contributed by atoms with E-state index in [9.17, 15) is 24.6 Å². The van der Waals surface area contributed by atoms with E-state index >= 15 is 0 Å². The van der Waals surface area contributed by atoms with E-state index in [0.717, 1.165) is 13.8 Å². The molecule has 8 heteroatoms. The Labute approximate surface area is 93.7 Å². The van der Waals surface area contributed by atoms with Crippen LogP contribution in [0.4, 0.5) is 0 Å². The number of rotatable bonds is 1. The zero-order valence-electron chi connectivity index (χ0n) is 8.75. The molecule has 0 saturated carbocycles. The number of fused-ring (bicyclic) bond motifs is 1. The Kier molecular flexibility index (Phi) is 2.19. The van der Waals surface area contributed by atoms with Gasteiger partial charge in [0.1, 0.15) is 28.1 Å². The van der Waals surface area contributed by atoms with Gasteiger partial charge in [-0.15, -0.1) is 0 Å². The SMILES string of the molecule is C[C@]1(O)[C@@](C)(O)[C@@H](CO)OC2(O)S(=O)[C@@]21O. The summed E-state index contributed by atoms with van der Waals surface area (Å²) in [5.41, 5.74) is -4.32. The summed E-state index contributed by atoms with van der Waals surface area (Å²) in [7, 11) is -2.28. The van der Waals surface area contributed by atoms with E-state index in [-0.39, 0.29) is 0 Å². The summed E-state index contributed by atoms with van der Waals surface area (Å²) < 4.78 is 16.3. The van der Waals surface area contributed by atoms with Crippen molar-refractivity contribution < 1.29 is 34.5 Å². The molecule has 0 aromatic rings. The highest BCUT2D eigenvalue weighted by Crippen LogP contribution is 2.63. The van der Waals surface area contributed by atoms with Crippen LogP contribution < -0.4 is 0 Å². The molecule has 94 valence electrons. The van der Waals surface area contributed by atoms with Gasteiger partial charge in [0.05, 0.1) is 6.61 Å². The molecule has 2 unspecified atom stereocenters. The zero-order valence-corrected chi connectivity index (χ0v) is 9.56. The lowest BCUT2D eigenvalue weighted by molar-refractivity contribution is -0.348. The average Bonchev–Trinajstić information content (AvgIpc) is 2.62. The van der Waals surface area contributed by atoms with Gasteiger partial charge in [0.2, 0.25) is 4.93 Å². The topological polar surface area (TPSA) is 127 Å². The van der Waals surface area contributed by atoms with Crippen molar-refractivity contribution in [3.05, 3.63) is 0 Å². The second-order valence-electron chi connectivity index (χ2n) is 4.50. The predicted octanol–water partition coefficient (Wildman–Crippen LogP) is -3.02. The first-order valence-corrected chi connectivity index (χ1v) is 5.82. The molecule has 0 aliphatic carbocycles. The van der Waals surface area contributed by atoms with Gasteiger partial charge in [-0.05, 0) is 13.8 Å². The van der Waals surface area contributed by atoms with Crippen LogP contribution in [0.25, 0.3) is 0 Å². The molecule has 2 saturated heterocycles. The first-order valence-electron chi connectivity index (χ1n) is 4.67. The molecule has 2 heterocycles. The van der Waals surface area contributed by atoms with Crippen molar-refractivity contribution in [1.82, 2.24) is 0 Å². The summed E-state index contributed by atoms with van der Waals surface area (Å²) in [6, 6.07) is 0. The summed E-state index contributed by atoms with van der Waals surface area (Å²) in [6.07, 6.45) is -1.35. The zero-order chi connectivity index (χ0) is 12.6. The van der Waals surface area contributed by atoms with Crippen molar-refractivity contribution in [2.45, 2.75) is 41.2 Å². The summed E-state index contributed by atoms with van der Waals surface area (Å²) in [4.78, 5) is -2.45. The fourth-order valence-electron chi connectivity index (χ4n) is 2.06. The highest BCUT2D eigenvalue weighted by molar-refractivity contribution is 7.95. The summed E-state index contributed by atoms with van der Waals surface area (Å²) in [5.74, 6) is 0. The van der Waals surface area contributed by atoms with Gasteiger partial charge in [-0.1, -0.05) is 0 Å². The number of hydrogen-bond acceptors (Lipinski definition) is 7. The van der Waals surface area contributed by atoms with E-state index in [1.807, 2.05) is 0 Å². The van der Waals surface area contributed by atoms with Gasteiger partial charge >= 0.3 is 0 Å². The molecule has 7 nitrogen and oxygen atoms in total. The predicted molar refractivity (Wildman–Crippen MR) is 51.2 cm³/mol. The van der Waals surface area contributed by atoms with Crippen LogP contribution in [0.2, 0.25) is 0 Å². The fraction of sp³-hybridized carbons (Fsp3) is 1.00. The van der Waals surface area contributed by atoms with Crippen LogP contribution in [0.5, 0.6) is 0 Å². The largest absolute Gasteiger partial charge is 0.394 e. The third kappa shape index (κ3) is 0.931. The van der Waals surface area contributed by atoms with Crippen LogP contribution in [0, 0.1) is 0 Å². The van der Waals surface area contributed by atoms with Gasteiger partial charge in [-0.3, -0.25) is 4.21 Å². The summed E-state index contributed by atoms with van der Waals surface area (Å²) in [6.45, 7) is 1.47. The minimum absolute atomic E-state index is 0.696. The Balaban J connectivity index is 2.53. The number of hydrogen-bond donors (Lipinski definition) is 5. The number of ether oxygens (including phenoxy) is 1. The van der Waals surface area contributed by atoms with E-state index in [4.69, 9.17) is 9.84 Å². The van der Waals surface area contributed by atoms with Gasteiger partial charge in [0, 0.05) is 0 Å². The van der Waals surface area contributed by atoms with Gasteiger partial charge in [-0.25, -0.2) is 0 Å². The molecule has 0 bridgehead atoms. The second-order valence-corrected chi connectivity index (χ2v) is 6.19. The van der Waals surface area contributed by atoms with Crippen LogP contribution in [0.15, 0.2) is 0 Å². The number of aliphatic hydroxyl groups excluding tert-OH is 1. The van der Waals surface area contributed by atoms with Crippen molar-refractivity contribution in [1.29, 1.82) is 0 Å². The van der Waals surface area contributed by atoms with Crippen LogP contribution in [0.1, 0.15) is 13.8 Å². The van der Waals surface area contributed by atoms with E-state index in [1.54, 1.807) is 0 Å². The van der Waals surface area contributed by atoms with Gasteiger partial charge in [0.25, 0.3) is 5.12 Å². The molecular weight excluding hydrogens is 240 g/mol. The Morgan fingerprint density at radius 3 is 2.19 bits per heavy atom. The molecule has 2 aliphatic heterocycles. The Morgan fingerprint density at radius 2 is 1.75 bits per heavy atom. The quantitative estimate of drug-likeness (QED) is 0.315. The first kappa shape index (κ1) is 12.4. The monoisotopic (exact) mass is 254 g/mol. The van der Waals surface area contributed by atoms with E-state index in [2.05, 4.69) is 0 Å². The Morgan fingerprint density at radius 1 is 1.25 bits per heavy atom. The average molecular weight is 254 g/mol. The normalized spacial score (nSPS) is 65.2. The van der Waals surface area contributed by atoms with Crippen LogP contribution in [-0.4, -0.2) is 63.7 Å². The smallest absolute Gasteiger partial charge is 0.294 e. The molecule has 2 rings (SSSR count). The molecule has 0 radical (unpaired) electrons. The molecule has 2 fully saturated rings. The van der Waals surface area contributed by atoms with Gasteiger partial charge < -0.3 is 30.3 Å². The molecule has 0 aromatic heterocycles. The van der Waals surface area contributed by atoms with E-state index < -0.39 is 44.8 Å². The standard InChI is InChI=1S/C8H14O7S/c1-5(10)4(3-9)15-8(13)7(12,16(8)14)6(5,2)11/h4,9-13H,3H2,1-2H3/t4-,5+,6+,7-,8?,16?/m1/s1. The maximum atomic E-state index is 11.5. The minimum Gasteiger partial charge on any atom is -0.394 e. The van der Waals surface area contributed by atoms with Crippen molar-refractivity contribution >= 4 is 10.8 Å². The lowest BCUT2D eigenvalue weighted by atomic mass is 9.75. The molecule has 0 spiro atoms. The molecule has 0 amide bonds. The molecular formula is C8H14O7S. The van der Waals surface area contributed by atoms with Crippen molar-refractivity contribution in [2.75, 3.05) is 6.61 Å². The number of aliphatic hydroxyl groups is 5. The first-order chi connectivity index (χ1) is 7.07. The molecule has 0 aromatic carbocycles. The molecule has 16 heavy (non-hydrogen) atoms. The fourth-order valence-corrected chi connectivity index (χ4v) is 3.71. The lowest BCUT2D eigenvalue weighted by Crippen LogP contribution is -2.72. The maximum Gasteiger partial charge on any atom is 0.294 e. The van der Waals surface area contributed by atoms with Crippen LogP contribution in [0.3, 0.4) is 0 Å². The van der Waals surface area contributed by atoms with Crippen molar-refractivity contribution in [2.24, 2.45) is 0 Å². The van der Waals surface area contributed by atoms with E-state index in [1.165, 1.54) is 0 Å². The lowest BCUT2D eigenvalue weighted by Gasteiger charge is -2.48. The maximum absolute atomic E-state index is 11.5. The summed E-state index contributed by atoms with van der Waals surface area (Å²) in [5, 5.41) is 46.2. The summed E-state index contributed by atoms with van der Waals surface area (Å²) >= 11 is 0. The Bertz CT molecular complexity index is 367. The van der Waals surface area contributed by atoms with Crippen LogP contribution in [-0.2, 0) is 15.5 Å². The van der Waals surface area contributed by atoms with Gasteiger partial charge in [0.15, 0.2) is 0 Å². The second kappa shape index (κ2) is 2.83. The highest BCUT2D eigenvalue weighted by Gasteiger charge is 2.92. The third-order valence-corrected chi connectivity index (χ3v) is 5.55. The minimum atomic E-state index is -2.45. The Hall–Kier alpha value is -0.0900. The molecule has 6 atom stereocenters.